The number of hydrogen-bond donors (Lipinski definition) is 4. The maximum Gasteiger partial charge on any atom is 0.255 e. The summed E-state index contributed by atoms with van der Waals surface area (Å²) in [7, 11) is 0. The quantitative estimate of drug-likeness (QED) is 0.332. The molecule has 0 aromatic heterocycles. The van der Waals surface area contributed by atoms with Gasteiger partial charge in [0.2, 0.25) is 5.91 Å². The van der Waals surface area contributed by atoms with Crippen LogP contribution in [-0.4, -0.2) is 30.0 Å². The molecule has 6 heteroatoms. The van der Waals surface area contributed by atoms with Crippen molar-refractivity contribution >= 4 is 17.5 Å². The fourth-order valence-electron chi connectivity index (χ4n) is 1.25. The molecule has 0 atom stereocenters. The Morgan fingerprint density at radius 1 is 1.29 bits per heavy atom. The molecular formula is C11H15N3O3. The van der Waals surface area contributed by atoms with E-state index in [0.29, 0.717) is 6.54 Å². The number of benzene rings is 1. The standard InChI is InChI=1S/C11H15N3O3/c1-7(15)13-5-6-14-11(17)8-3-2-4-9(12)10(8)16/h2-4,16H,5-6,12H2,1H3,(H,13,15)(H,14,17). The van der Waals surface area contributed by atoms with Crippen LogP contribution in [0.2, 0.25) is 0 Å². The zero-order valence-electron chi connectivity index (χ0n) is 9.49. The number of para-hydroxylation sites is 1. The highest BCUT2D eigenvalue weighted by Crippen LogP contribution is 2.23. The van der Waals surface area contributed by atoms with Gasteiger partial charge in [-0.25, -0.2) is 0 Å². The van der Waals surface area contributed by atoms with Gasteiger partial charge in [-0.2, -0.15) is 0 Å². The molecule has 6 nitrogen and oxygen atoms in total. The predicted octanol–water partition coefficient (Wildman–Crippen LogP) is -0.160. The molecule has 5 N–H and O–H groups in total. The smallest absolute Gasteiger partial charge is 0.255 e. The molecule has 0 bridgehead atoms. The van der Waals surface area contributed by atoms with E-state index in [0.717, 1.165) is 0 Å². The Labute approximate surface area is 98.8 Å². The van der Waals surface area contributed by atoms with Crippen molar-refractivity contribution in [2.24, 2.45) is 0 Å². The topological polar surface area (TPSA) is 104 Å². The molecular weight excluding hydrogens is 222 g/mol. The van der Waals surface area contributed by atoms with Gasteiger partial charge in [0.15, 0.2) is 5.75 Å². The first kappa shape index (κ1) is 12.8. The molecule has 0 radical (unpaired) electrons. The van der Waals surface area contributed by atoms with Crippen molar-refractivity contribution in [3.05, 3.63) is 23.8 Å². The minimum atomic E-state index is -0.430. The second kappa shape index (κ2) is 5.74. The molecule has 17 heavy (non-hydrogen) atoms. The molecule has 1 rings (SSSR count). The highest BCUT2D eigenvalue weighted by atomic mass is 16.3. The fourth-order valence-corrected chi connectivity index (χ4v) is 1.25. The first-order valence-corrected chi connectivity index (χ1v) is 5.12. The van der Waals surface area contributed by atoms with E-state index in [2.05, 4.69) is 10.6 Å². The molecule has 0 unspecified atom stereocenters. The summed E-state index contributed by atoms with van der Waals surface area (Å²) >= 11 is 0. The van der Waals surface area contributed by atoms with Crippen LogP contribution < -0.4 is 16.4 Å². The number of anilines is 1. The second-order valence-electron chi connectivity index (χ2n) is 3.48. The molecule has 0 heterocycles. The number of nitrogens with one attached hydrogen (secondary N) is 2. The third-order valence-electron chi connectivity index (χ3n) is 2.10. The van der Waals surface area contributed by atoms with Crippen molar-refractivity contribution in [1.29, 1.82) is 0 Å². The maximum atomic E-state index is 11.6. The zero-order chi connectivity index (χ0) is 12.8. The number of carbonyl (C=O) groups is 2. The number of nitrogen functional groups attached to an aromatic ring is 1. The van der Waals surface area contributed by atoms with Crippen molar-refractivity contribution in [2.75, 3.05) is 18.8 Å². The Morgan fingerprint density at radius 2 is 1.94 bits per heavy atom. The van der Waals surface area contributed by atoms with Crippen LogP contribution in [0.25, 0.3) is 0 Å². The lowest BCUT2D eigenvalue weighted by atomic mass is 10.1. The first-order valence-electron chi connectivity index (χ1n) is 5.12. The van der Waals surface area contributed by atoms with Crippen LogP contribution in [0, 0.1) is 0 Å². The number of phenolic OH excluding ortho intramolecular Hbond substituents is 1. The van der Waals surface area contributed by atoms with Crippen molar-refractivity contribution in [3.63, 3.8) is 0 Å². The molecule has 0 saturated carbocycles. The van der Waals surface area contributed by atoms with Gasteiger partial charge in [0.05, 0.1) is 11.3 Å². The Kier molecular flexibility index (Phi) is 4.33. The highest BCUT2D eigenvalue weighted by molar-refractivity contribution is 5.98. The monoisotopic (exact) mass is 237 g/mol. The highest BCUT2D eigenvalue weighted by Gasteiger charge is 2.11. The predicted molar refractivity (Wildman–Crippen MR) is 63.5 cm³/mol. The van der Waals surface area contributed by atoms with Gasteiger partial charge in [0.1, 0.15) is 0 Å². The summed E-state index contributed by atoms with van der Waals surface area (Å²) < 4.78 is 0. The van der Waals surface area contributed by atoms with Gasteiger partial charge < -0.3 is 21.5 Å². The lowest BCUT2D eigenvalue weighted by Gasteiger charge is -2.08. The first-order chi connectivity index (χ1) is 8.02. The fraction of sp³-hybridized carbons (Fsp3) is 0.273. The van der Waals surface area contributed by atoms with Crippen LogP contribution in [0.4, 0.5) is 5.69 Å². The zero-order valence-corrected chi connectivity index (χ0v) is 9.49. The van der Waals surface area contributed by atoms with Gasteiger partial charge in [-0.1, -0.05) is 6.07 Å². The van der Waals surface area contributed by atoms with E-state index in [9.17, 15) is 14.7 Å². The van der Waals surface area contributed by atoms with Crippen LogP contribution in [0.1, 0.15) is 17.3 Å². The molecule has 92 valence electrons. The molecule has 0 aliphatic carbocycles. The van der Waals surface area contributed by atoms with Crippen LogP contribution in [0.5, 0.6) is 5.75 Å². The summed E-state index contributed by atoms with van der Waals surface area (Å²) in [4.78, 5) is 22.2. The summed E-state index contributed by atoms with van der Waals surface area (Å²) in [5.74, 6) is -0.823. The van der Waals surface area contributed by atoms with Crippen LogP contribution in [-0.2, 0) is 4.79 Å². The molecule has 1 aromatic carbocycles. The third-order valence-corrected chi connectivity index (χ3v) is 2.10. The maximum absolute atomic E-state index is 11.6. The van der Waals surface area contributed by atoms with E-state index in [-0.39, 0.29) is 29.5 Å². The normalized spacial score (nSPS) is 9.71. The third kappa shape index (κ3) is 3.67. The van der Waals surface area contributed by atoms with Gasteiger partial charge in [-0.3, -0.25) is 9.59 Å². The van der Waals surface area contributed by atoms with Crippen LogP contribution >= 0.6 is 0 Å². The van der Waals surface area contributed by atoms with Crippen molar-refractivity contribution in [2.45, 2.75) is 6.92 Å². The molecule has 0 saturated heterocycles. The van der Waals surface area contributed by atoms with Gasteiger partial charge in [-0.15, -0.1) is 0 Å². The van der Waals surface area contributed by atoms with Gasteiger partial charge in [0.25, 0.3) is 5.91 Å². The van der Waals surface area contributed by atoms with Crippen molar-refractivity contribution < 1.29 is 14.7 Å². The Morgan fingerprint density at radius 3 is 2.59 bits per heavy atom. The largest absolute Gasteiger partial charge is 0.505 e. The van der Waals surface area contributed by atoms with E-state index >= 15 is 0 Å². The average Bonchev–Trinajstić information content (AvgIpc) is 2.27. The van der Waals surface area contributed by atoms with Gasteiger partial charge in [-0.05, 0) is 12.1 Å². The van der Waals surface area contributed by atoms with Gasteiger partial charge >= 0.3 is 0 Å². The van der Waals surface area contributed by atoms with Crippen LogP contribution in [0.15, 0.2) is 18.2 Å². The lowest BCUT2D eigenvalue weighted by molar-refractivity contribution is -0.118. The lowest BCUT2D eigenvalue weighted by Crippen LogP contribution is -2.33. The van der Waals surface area contributed by atoms with E-state index < -0.39 is 5.91 Å². The minimum Gasteiger partial charge on any atom is -0.505 e. The number of carbonyl (C=O) groups excluding carboxylic acids is 2. The average molecular weight is 237 g/mol. The summed E-state index contributed by atoms with van der Waals surface area (Å²) in [5, 5.41) is 14.6. The minimum absolute atomic E-state index is 0.118. The summed E-state index contributed by atoms with van der Waals surface area (Å²) in [5.41, 5.74) is 5.74. The Hall–Kier alpha value is -2.24. The molecule has 0 aliphatic rings. The summed E-state index contributed by atoms with van der Waals surface area (Å²) in [6, 6.07) is 4.56. The Balaban J connectivity index is 2.53. The molecule has 2 amide bonds. The number of phenols is 1. The molecule has 0 aliphatic heterocycles. The van der Waals surface area contributed by atoms with E-state index in [1.807, 2.05) is 0 Å². The molecule has 1 aromatic rings. The van der Waals surface area contributed by atoms with Crippen molar-refractivity contribution in [3.8, 4) is 5.75 Å². The summed E-state index contributed by atoms with van der Waals surface area (Å²) in [6.07, 6.45) is 0. The van der Waals surface area contributed by atoms with Crippen molar-refractivity contribution in [1.82, 2.24) is 10.6 Å². The van der Waals surface area contributed by atoms with E-state index in [1.165, 1.54) is 19.1 Å². The van der Waals surface area contributed by atoms with E-state index in [1.54, 1.807) is 6.07 Å². The second-order valence-corrected chi connectivity index (χ2v) is 3.48. The number of amides is 2. The van der Waals surface area contributed by atoms with Gasteiger partial charge in [0, 0.05) is 20.0 Å². The molecule has 0 fully saturated rings. The number of nitrogens with two attached hydrogens (primary N) is 1. The number of rotatable bonds is 4. The number of hydrogen-bond acceptors (Lipinski definition) is 4. The van der Waals surface area contributed by atoms with Crippen LogP contribution in [0.3, 0.4) is 0 Å². The van der Waals surface area contributed by atoms with E-state index in [4.69, 9.17) is 5.73 Å². The summed E-state index contributed by atoms with van der Waals surface area (Å²) in [6.45, 7) is 2.02. The Bertz CT molecular complexity index is 432. The SMILES string of the molecule is CC(=O)NCCNC(=O)c1cccc(N)c1O. The molecule has 0 spiro atoms. The number of aromatic hydroxyl groups is 1.